The second kappa shape index (κ2) is 5.72. The molecule has 114 valence electrons. The van der Waals surface area contributed by atoms with Crippen LogP contribution in [0.1, 0.15) is 46.5 Å². The van der Waals surface area contributed by atoms with Crippen LogP contribution in [0.2, 0.25) is 0 Å². The fourth-order valence-corrected chi connectivity index (χ4v) is 3.35. The molecule has 5 heteroatoms. The quantitative estimate of drug-likeness (QED) is 0.807. The maximum atomic E-state index is 12.2. The smallest absolute Gasteiger partial charge is 0.306 e. The summed E-state index contributed by atoms with van der Waals surface area (Å²) in [7, 11) is 0. The maximum absolute atomic E-state index is 12.2. The summed E-state index contributed by atoms with van der Waals surface area (Å²) in [6, 6.07) is 0.135. The van der Waals surface area contributed by atoms with Crippen molar-refractivity contribution >= 4 is 11.9 Å². The molecular formula is C15H25NO4. The number of amides is 1. The molecule has 0 heterocycles. The van der Waals surface area contributed by atoms with Gasteiger partial charge in [-0.15, -0.1) is 0 Å². The number of carbonyl (C=O) groups excluding carboxylic acids is 1. The largest absolute Gasteiger partial charge is 0.481 e. The Bertz CT molecular complexity index is 393. The van der Waals surface area contributed by atoms with Crippen molar-refractivity contribution in [2.75, 3.05) is 6.61 Å². The highest BCUT2D eigenvalue weighted by molar-refractivity contribution is 5.81. The number of rotatable bonds is 5. The minimum atomic E-state index is -0.777. The third-order valence-electron chi connectivity index (χ3n) is 5.01. The van der Waals surface area contributed by atoms with E-state index in [1.165, 1.54) is 0 Å². The zero-order valence-electron chi connectivity index (χ0n) is 12.5. The zero-order valence-corrected chi connectivity index (χ0v) is 12.5. The molecule has 0 aromatic heterocycles. The van der Waals surface area contributed by atoms with Crippen molar-refractivity contribution in [2.24, 2.45) is 17.3 Å². The summed E-state index contributed by atoms with van der Waals surface area (Å²) in [4.78, 5) is 23.2. The number of ether oxygens (including phenoxy) is 1. The van der Waals surface area contributed by atoms with Gasteiger partial charge in [-0.05, 0) is 32.6 Å². The van der Waals surface area contributed by atoms with Gasteiger partial charge >= 0.3 is 5.97 Å². The van der Waals surface area contributed by atoms with Crippen molar-refractivity contribution in [3.63, 3.8) is 0 Å². The van der Waals surface area contributed by atoms with Crippen LogP contribution in [0.3, 0.4) is 0 Å². The number of carboxylic acids is 1. The van der Waals surface area contributed by atoms with Crippen molar-refractivity contribution < 1.29 is 19.4 Å². The van der Waals surface area contributed by atoms with Gasteiger partial charge in [-0.2, -0.15) is 0 Å². The molecule has 0 spiro atoms. The zero-order chi connectivity index (χ0) is 14.9. The average Bonchev–Trinajstić information content (AvgIpc) is 2.87. The summed E-state index contributed by atoms with van der Waals surface area (Å²) in [5, 5.41) is 12.1. The van der Waals surface area contributed by atoms with Gasteiger partial charge in [-0.25, -0.2) is 0 Å². The molecular weight excluding hydrogens is 258 g/mol. The molecule has 2 unspecified atom stereocenters. The van der Waals surface area contributed by atoms with E-state index in [1.54, 1.807) is 0 Å². The number of nitrogens with one attached hydrogen (secondary N) is 1. The summed E-state index contributed by atoms with van der Waals surface area (Å²) in [6.45, 7) is 6.89. The van der Waals surface area contributed by atoms with Crippen molar-refractivity contribution in [1.29, 1.82) is 0 Å². The highest BCUT2D eigenvalue weighted by Gasteiger charge is 2.50. The summed E-state index contributed by atoms with van der Waals surface area (Å²) < 4.78 is 5.65. The SMILES string of the molecule is CCOC1CC(NC(=O)[C@@H]2CC[C@H](C(=O)O)C2)C1(C)C. The molecule has 0 aromatic rings. The third kappa shape index (κ3) is 2.82. The Hall–Kier alpha value is -1.10. The van der Waals surface area contributed by atoms with Crippen LogP contribution in [0.4, 0.5) is 0 Å². The van der Waals surface area contributed by atoms with Gasteiger partial charge in [-0.1, -0.05) is 13.8 Å². The van der Waals surface area contributed by atoms with Crippen LogP contribution in [0.15, 0.2) is 0 Å². The van der Waals surface area contributed by atoms with Crippen LogP contribution in [-0.2, 0) is 14.3 Å². The highest BCUT2D eigenvalue weighted by Crippen LogP contribution is 2.43. The van der Waals surface area contributed by atoms with E-state index in [4.69, 9.17) is 9.84 Å². The number of hydrogen-bond donors (Lipinski definition) is 2. The summed E-state index contributed by atoms with van der Waals surface area (Å²) in [5.74, 6) is -1.25. The lowest BCUT2D eigenvalue weighted by Crippen LogP contribution is -2.62. The molecule has 0 bridgehead atoms. The van der Waals surface area contributed by atoms with Crippen LogP contribution in [0, 0.1) is 17.3 Å². The van der Waals surface area contributed by atoms with Gasteiger partial charge in [0.2, 0.25) is 5.91 Å². The molecule has 20 heavy (non-hydrogen) atoms. The Balaban J connectivity index is 1.83. The molecule has 0 aromatic carbocycles. The van der Waals surface area contributed by atoms with Gasteiger partial charge in [0.25, 0.3) is 0 Å². The molecule has 2 N–H and O–H groups in total. The highest BCUT2D eigenvalue weighted by atomic mass is 16.5. The second-order valence-electron chi connectivity index (χ2n) is 6.61. The Kier molecular flexibility index (Phi) is 4.37. The number of carbonyl (C=O) groups is 2. The predicted octanol–water partition coefficient (Wildman–Crippen LogP) is 1.81. The molecule has 5 nitrogen and oxygen atoms in total. The van der Waals surface area contributed by atoms with E-state index in [-0.39, 0.29) is 35.3 Å². The first kappa shape index (κ1) is 15.3. The standard InChI is InChI=1S/C15H25NO4/c1-4-20-12-8-11(15(12,2)3)16-13(17)9-5-6-10(7-9)14(18)19/h9-12H,4-8H2,1-3H3,(H,16,17)(H,18,19)/t9-,10+,11?,12?/m1/s1. The molecule has 4 atom stereocenters. The van der Waals surface area contributed by atoms with Crippen LogP contribution >= 0.6 is 0 Å². The molecule has 0 radical (unpaired) electrons. The van der Waals surface area contributed by atoms with Crippen LogP contribution in [0.5, 0.6) is 0 Å². The first-order valence-corrected chi connectivity index (χ1v) is 7.51. The van der Waals surface area contributed by atoms with Crippen LogP contribution in [-0.4, -0.2) is 35.7 Å². The van der Waals surface area contributed by atoms with E-state index in [0.29, 0.717) is 25.9 Å². The van der Waals surface area contributed by atoms with Crippen molar-refractivity contribution in [3.8, 4) is 0 Å². The van der Waals surface area contributed by atoms with E-state index in [9.17, 15) is 9.59 Å². The van der Waals surface area contributed by atoms with Gasteiger partial charge in [0, 0.05) is 24.0 Å². The Morgan fingerprint density at radius 2 is 1.90 bits per heavy atom. The van der Waals surface area contributed by atoms with E-state index in [0.717, 1.165) is 6.42 Å². The first-order valence-electron chi connectivity index (χ1n) is 7.51. The fourth-order valence-electron chi connectivity index (χ4n) is 3.35. The monoisotopic (exact) mass is 283 g/mol. The minimum Gasteiger partial charge on any atom is -0.481 e. The lowest BCUT2D eigenvalue weighted by atomic mass is 9.64. The summed E-state index contributed by atoms with van der Waals surface area (Å²) >= 11 is 0. The molecule has 2 aliphatic rings. The van der Waals surface area contributed by atoms with Crippen LogP contribution < -0.4 is 5.32 Å². The Morgan fingerprint density at radius 3 is 2.40 bits per heavy atom. The lowest BCUT2D eigenvalue weighted by Gasteiger charge is -2.51. The number of aliphatic carboxylic acids is 1. The normalized spacial score (nSPS) is 35.4. The molecule has 0 aliphatic heterocycles. The molecule has 2 rings (SSSR count). The van der Waals surface area contributed by atoms with Crippen molar-refractivity contribution in [1.82, 2.24) is 5.32 Å². The molecule has 2 fully saturated rings. The lowest BCUT2D eigenvalue weighted by molar-refractivity contribution is -0.142. The molecule has 2 saturated carbocycles. The molecule has 0 saturated heterocycles. The van der Waals surface area contributed by atoms with E-state index >= 15 is 0 Å². The van der Waals surface area contributed by atoms with Gasteiger partial charge in [0.05, 0.1) is 12.0 Å². The summed E-state index contributed by atoms with van der Waals surface area (Å²) in [5.41, 5.74) is -0.0452. The Labute approximate surface area is 120 Å². The molecule has 2 aliphatic carbocycles. The van der Waals surface area contributed by atoms with Gasteiger partial charge in [-0.3, -0.25) is 9.59 Å². The number of carboxylic acid groups (broad SMARTS) is 1. The fraction of sp³-hybridized carbons (Fsp3) is 0.867. The number of hydrogen-bond acceptors (Lipinski definition) is 3. The molecule has 1 amide bonds. The predicted molar refractivity (Wildman–Crippen MR) is 74.2 cm³/mol. The van der Waals surface area contributed by atoms with E-state index < -0.39 is 5.97 Å². The van der Waals surface area contributed by atoms with E-state index in [1.807, 2.05) is 6.92 Å². The first-order chi connectivity index (χ1) is 9.36. The Morgan fingerprint density at radius 1 is 1.25 bits per heavy atom. The van der Waals surface area contributed by atoms with Gasteiger partial charge < -0.3 is 15.2 Å². The van der Waals surface area contributed by atoms with Crippen LogP contribution in [0.25, 0.3) is 0 Å². The average molecular weight is 283 g/mol. The maximum Gasteiger partial charge on any atom is 0.306 e. The topological polar surface area (TPSA) is 75.6 Å². The minimum absolute atomic E-state index is 0.0155. The summed E-state index contributed by atoms with van der Waals surface area (Å²) in [6.07, 6.45) is 2.83. The van der Waals surface area contributed by atoms with Crippen molar-refractivity contribution in [2.45, 2.75) is 58.6 Å². The van der Waals surface area contributed by atoms with Gasteiger partial charge in [0.1, 0.15) is 0 Å². The van der Waals surface area contributed by atoms with Gasteiger partial charge in [0.15, 0.2) is 0 Å². The third-order valence-corrected chi connectivity index (χ3v) is 5.01. The second-order valence-corrected chi connectivity index (χ2v) is 6.61. The van der Waals surface area contributed by atoms with Crippen molar-refractivity contribution in [3.05, 3.63) is 0 Å². The van der Waals surface area contributed by atoms with E-state index in [2.05, 4.69) is 19.2 Å².